The van der Waals surface area contributed by atoms with E-state index in [4.69, 9.17) is 0 Å². The van der Waals surface area contributed by atoms with Crippen LogP contribution >= 0.6 is 11.8 Å². The second kappa shape index (κ2) is 5.70. The minimum Gasteiger partial charge on any atom is -0.312 e. The van der Waals surface area contributed by atoms with Crippen LogP contribution in [-0.4, -0.2) is 42.4 Å². The third kappa shape index (κ3) is 2.76. The fourth-order valence-electron chi connectivity index (χ4n) is 3.62. The number of likely N-dealkylation sites (tertiary alicyclic amines) is 1. The summed E-state index contributed by atoms with van der Waals surface area (Å²) in [5.74, 6) is 2.02. The van der Waals surface area contributed by atoms with Crippen LogP contribution in [0.25, 0.3) is 0 Å². The fraction of sp³-hybridized carbons (Fsp3) is 0.647. The second-order valence-corrected chi connectivity index (χ2v) is 7.58. The van der Waals surface area contributed by atoms with E-state index in [0.29, 0.717) is 0 Å². The molecular weight excluding hydrogens is 264 g/mol. The molecule has 1 aromatic rings. The van der Waals surface area contributed by atoms with Crippen molar-refractivity contribution in [3.8, 4) is 0 Å². The molecule has 0 spiro atoms. The van der Waals surface area contributed by atoms with Gasteiger partial charge in [0.2, 0.25) is 0 Å². The highest BCUT2D eigenvalue weighted by molar-refractivity contribution is 7.99. The molecule has 108 valence electrons. The molecule has 2 unspecified atom stereocenters. The minimum absolute atomic E-state index is 0.748. The van der Waals surface area contributed by atoms with Crippen LogP contribution in [0, 0.1) is 0 Å². The molecule has 3 aliphatic rings. The normalized spacial score (nSPS) is 29.8. The maximum Gasteiger partial charge on any atom is 0.0221 e. The van der Waals surface area contributed by atoms with E-state index in [-0.39, 0.29) is 0 Å². The highest BCUT2D eigenvalue weighted by Gasteiger charge is 2.31. The van der Waals surface area contributed by atoms with Gasteiger partial charge in [-0.25, -0.2) is 0 Å². The summed E-state index contributed by atoms with van der Waals surface area (Å²) in [5.41, 5.74) is 1.60. The Kier molecular flexibility index (Phi) is 3.76. The van der Waals surface area contributed by atoms with Crippen molar-refractivity contribution in [1.82, 2.24) is 10.2 Å². The monoisotopic (exact) mass is 288 g/mol. The topological polar surface area (TPSA) is 15.3 Å². The van der Waals surface area contributed by atoms with Gasteiger partial charge in [-0.1, -0.05) is 18.2 Å². The summed E-state index contributed by atoms with van der Waals surface area (Å²) in [7, 11) is 0. The number of hydrogen-bond donors (Lipinski definition) is 1. The standard InChI is InChI=1S/C17H24N2S/c1-2-6-17-16(5-1)13(12-20-17)11-19-9-3-4-15(19)10-18-14-7-8-14/h1-2,5-6,13-15,18H,3-4,7-12H2. The molecule has 2 heterocycles. The molecule has 0 amide bonds. The molecule has 1 aliphatic carbocycles. The third-order valence-electron chi connectivity index (χ3n) is 4.97. The van der Waals surface area contributed by atoms with Gasteiger partial charge in [-0.3, -0.25) is 4.90 Å². The Balaban J connectivity index is 1.38. The van der Waals surface area contributed by atoms with E-state index < -0.39 is 0 Å². The maximum atomic E-state index is 3.73. The average molecular weight is 288 g/mol. The number of nitrogens with one attached hydrogen (secondary N) is 1. The Bertz CT molecular complexity index is 472. The predicted molar refractivity (Wildman–Crippen MR) is 85.5 cm³/mol. The van der Waals surface area contributed by atoms with Crippen LogP contribution in [0.3, 0.4) is 0 Å². The van der Waals surface area contributed by atoms with Crippen LogP contribution < -0.4 is 5.32 Å². The maximum absolute atomic E-state index is 3.73. The summed E-state index contributed by atoms with van der Waals surface area (Å²) < 4.78 is 0. The van der Waals surface area contributed by atoms with Crippen molar-refractivity contribution in [1.29, 1.82) is 0 Å². The van der Waals surface area contributed by atoms with E-state index in [2.05, 4.69) is 34.5 Å². The Morgan fingerprint density at radius 1 is 1.20 bits per heavy atom. The highest BCUT2D eigenvalue weighted by atomic mass is 32.2. The van der Waals surface area contributed by atoms with E-state index >= 15 is 0 Å². The van der Waals surface area contributed by atoms with Crippen molar-refractivity contribution in [2.45, 2.75) is 48.6 Å². The lowest BCUT2D eigenvalue weighted by molar-refractivity contribution is 0.237. The summed E-state index contributed by atoms with van der Waals surface area (Å²) in [6.45, 7) is 3.79. The van der Waals surface area contributed by atoms with Gasteiger partial charge in [-0.05, 0) is 43.9 Å². The molecule has 1 saturated heterocycles. The SMILES string of the molecule is c1ccc2c(c1)SCC2CN1CCCC1CNC1CC1. The van der Waals surface area contributed by atoms with Crippen molar-refractivity contribution in [2.75, 3.05) is 25.4 Å². The summed E-state index contributed by atoms with van der Waals surface area (Å²) >= 11 is 2.05. The predicted octanol–water partition coefficient (Wildman–Crippen LogP) is 3.09. The minimum atomic E-state index is 0.748. The lowest BCUT2D eigenvalue weighted by atomic mass is 10.0. The van der Waals surface area contributed by atoms with Gasteiger partial charge in [0.15, 0.2) is 0 Å². The fourth-order valence-corrected chi connectivity index (χ4v) is 4.86. The zero-order valence-electron chi connectivity index (χ0n) is 12.1. The Hall–Kier alpha value is -0.510. The van der Waals surface area contributed by atoms with Gasteiger partial charge in [-0.2, -0.15) is 0 Å². The molecule has 2 aliphatic heterocycles. The van der Waals surface area contributed by atoms with Crippen molar-refractivity contribution in [2.24, 2.45) is 0 Å². The zero-order chi connectivity index (χ0) is 13.4. The van der Waals surface area contributed by atoms with Crippen LogP contribution in [0.2, 0.25) is 0 Å². The molecule has 2 nitrogen and oxygen atoms in total. The molecule has 1 saturated carbocycles. The lowest BCUT2D eigenvalue weighted by Gasteiger charge is -2.27. The van der Waals surface area contributed by atoms with Crippen LogP contribution in [0.15, 0.2) is 29.2 Å². The molecule has 1 aromatic carbocycles. The van der Waals surface area contributed by atoms with Crippen LogP contribution in [0.4, 0.5) is 0 Å². The Labute approximate surface area is 126 Å². The first-order valence-electron chi connectivity index (χ1n) is 8.09. The quantitative estimate of drug-likeness (QED) is 0.896. The van der Waals surface area contributed by atoms with Crippen LogP contribution in [0.1, 0.15) is 37.2 Å². The zero-order valence-corrected chi connectivity index (χ0v) is 12.9. The number of benzene rings is 1. The van der Waals surface area contributed by atoms with E-state index in [1.165, 1.54) is 56.0 Å². The van der Waals surface area contributed by atoms with Gasteiger partial charge in [0, 0.05) is 41.7 Å². The first-order chi connectivity index (χ1) is 9.90. The van der Waals surface area contributed by atoms with Gasteiger partial charge in [0.25, 0.3) is 0 Å². The largest absolute Gasteiger partial charge is 0.312 e. The van der Waals surface area contributed by atoms with E-state index in [9.17, 15) is 0 Å². The first kappa shape index (κ1) is 13.2. The molecule has 4 rings (SSSR count). The van der Waals surface area contributed by atoms with Gasteiger partial charge >= 0.3 is 0 Å². The summed E-state index contributed by atoms with van der Waals surface area (Å²) in [5, 5.41) is 3.73. The number of nitrogens with zero attached hydrogens (tertiary/aromatic N) is 1. The van der Waals surface area contributed by atoms with Gasteiger partial charge in [-0.15, -0.1) is 11.8 Å². The lowest BCUT2D eigenvalue weighted by Crippen LogP contribution is -2.40. The molecular formula is C17H24N2S. The van der Waals surface area contributed by atoms with Gasteiger partial charge in [0.05, 0.1) is 0 Å². The number of fused-ring (bicyclic) bond motifs is 1. The van der Waals surface area contributed by atoms with Crippen molar-refractivity contribution >= 4 is 11.8 Å². The van der Waals surface area contributed by atoms with E-state index in [0.717, 1.165) is 18.0 Å². The summed E-state index contributed by atoms with van der Waals surface area (Å²) in [6, 6.07) is 10.6. The van der Waals surface area contributed by atoms with Gasteiger partial charge in [0.1, 0.15) is 0 Å². The number of hydrogen-bond acceptors (Lipinski definition) is 3. The molecule has 2 fully saturated rings. The molecule has 0 bridgehead atoms. The van der Waals surface area contributed by atoms with Crippen LogP contribution in [-0.2, 0) is 0 Å². The average Bonchev–Trinajstić information content (AvgIpc) is 3.07. The van der Waals surface area contributed by atoms with E-state index in [1.54, 1.807) is 5.56 Å². The number of rotatable bonds is 5. The van der Waals surface area contributed by atoms with E-state index in [1.807, 2.05) is 11.8 Å². The Morgan fingerprint density at radius 3 is 3.00 bits per heavy atom. The van der Waals surface area contributed by atoms with Crippen LogP contribution in [0.5, 0.6) is 0 Å². The Morgan fingerprint density at radius 2 is 2.10 bits per heavy atom. The molecule has 2 atom stereocenters. The molecule has 0 radical (unpaired) electrons. The van der Waals surface area contributed by atoms with Gasteiger partial charge < -0.3 is 5.32 Å². The first-order valence-corrected chi connectivity index (χ1v) is 9.08. The summed E-state index contributed by atoms with van der Waals surface area (Å²) in [6.07, 6.45) is 5.58. The molecule has 3 heteroatoms. The van der Waals surface area contributed by atoms with Crippen molar-refractivity contribution in [3.05, 3.63) is 29.8 Å². The smallest absolute Gasteiger partial charge is 0.0221 e. The molecule has 0 aromatic heterocycles. The van der Waals surface area contributed by atoms with Crippen molar-refractivity contribution in [3.63, 3.8) is 0 Å². The van der Waals surface area contributed by atoms with Crippen molar-refractivity contribution < 1.29 is 0 Å². The second-order valence-electron chi connectivity index (χ2n) is 6.52. The highest BCUT2D eigenvalue weighted by Crippen LogP contribution is 2.40. The molecule has 1 N–H and O–H groups in total. The third-order valence-corrected chi connectivity index (χ3v) is 6.22. The summed E-state index contributed by atoms with van der Waals surface area (Å²) in [4.78, 5) is 4.27. The molecule has 20 heavy (non-hydrogen) atoms. The number of thioether (sulfide) groups is 1.